The molecule has 0 radical (unpaired) electrons. The van der Waals surface area contributed by atoms with Gasteiger partial charge in [0, 0.05) is 0 Å². The number of hydrogen-bond donors (Lipinski definition) is 1. The van der Waals surface area contributed by atoms with Gasteiger partial charge in [-0.2, -0.15) is 0 Å². The Hall–Kier alpha value is -0.610. The molecule has 1 aromatic rings. The molecule has 13 heavy (non-hydrogen) atoms. The molecule has 0 aliphatic carbocycles. The molecule has 0 aliphatic heterocycles. The lowest BCUT2D eigenvalue weighted by atomic mass is 10.3. The molecule has 0 unspecified atom stereocenters. The fourth-order valence-electron chi connectivity index (χ4n) is 0.790. The smallest absolute Gasteiger partial charge is 0.235 e. The highest BCUT2D eigenvalue weighted by atomic mass is 79.9. The number of hydrogen-bond acceptors (Lipinski definition) is 1. The van der Waals surface area contributed by atoms with Crippen LogP contribution < -0.4 is 5.32 Å². The highest BCUT2D eigenvalue weighted by Gasteiger charge is 2.08. The van der Waals surface area contributed by atoms with Gasteiger partial charge in [0.2, 0.25) is 5.91 Å². The first kappa shape index (κ1) is 10.5. The van der Waals surface area contributed by atoms with Crippen LogP contribution in [0.25, 0.3) is 0 Å². The summed E-state index contributed by atoms with van der Waals surface area (Å²) in [6.07, 6.45) is 0. The van der Waals surface area contributed by atoms with Gasteiger partial charge in [0.1, 0.15) is 5.82 Å². The molecule has 0 saturated heterocycles. The van der Waals surface area contributed by atoms with Crippen molar-refractivity contribution in [3.05, 3.63) is 29.0 Å². The molecule has 0 atom stereocenters. The van der Waals surface area contributed by atoms with Crippen LogP contribution in [0.3, 0.4) is 0 Å². The van der Waals surface area contributed by atoms with Crippen LogP contribution in [-0.2, 0) is 4.79 Å². The van der Waals surface area contributed by atoms with Crippen molar-refractivity contribution in [1.29, 1.82) is 0 Å². The largest absolute Gasteiger partial charge is 0.322 e. The van der Waals surface area contributed by atoms with Crippen molar-refractivity contribution in [3.8, 4) is 0 Å². The van der Waals surface area contributed by atoms with Gasteiger partial charge in [-0.15, -0.1) is 0 Å². The maximum absolute atomic E-state index is 13.0. The van der Waals surface area contributed by atoms with E-state index in [9.17, 15) is 9.18 Å². The number of halogens is 3. The summed E-state index contributed by atoms with van der Waals surface area (Å²) in [5, 5.41) is 2.63. The van der Waals surface area contributed by atoms with Crippen LogP contribution in [0, 0.1) is 5.82 Å². The van der Waals surface area contributed by atoms with E-state index in [4.69, 9.17) is 11.6 Å². The maximum atomic E-state index is 13.0. The minimum absolute atomic E-state index is 0.0219. The van der Waals surface area contributed by atoms with E-state index in [0.29, 0.717) is 0 Å². The summed E-state index contributed by atoms with van der Waals surface area (Å²) in [5.74, 6) is -0.881. The van der Waals surface area contributed by atoms with Gasteiger partial charge in [-0.05, 0) is 12.1 Å². The lowest BCUT2D eigenvalue weighted by molar-refractivity contribution is -0.113. The van der Waals surface area contributed by atoms with Crippen LogP contribution in [0.1, 0.15) is 0 Å². The first-order valence-corrected chi connectivity index (χ1v) is 4.95. The monoisotopic (exact) mass is 265 g/mol. The molecule has 1 rings (SSSR count). The van der Waals surface area contributed by atoms with E-state index in [0.717, 1.165) is 0 Å². The SMILES string of the molecule is O=C(CBr)Nc1c(F)cccc1Cl. The predicted octanol–water partition coefficient (Wildman–Crippen LogP) is 2.81. The van der Waals surface area contributed by atoms with Gasteiger partial charge in [-0.1, -0.05) is 33.6 Å². The number of rotatable bonds is 2. The van der Waals surface area contributed by atoms with Gasteiger partial charge in [0.05, 0.1) is 16.0 Å². The number of anilines is 1. The van der Waals surface area contributed by atoms with Gasteiger partial charge in [0.15, 0.2) is 0 Å². The Morgan fingerprint density at radius 1 is 1.62 bits per heavy atom. The second kappa shape index (κ2) is 4.58. The van der Waals surface area contributed by atoms with Gasteiger partial charge in [-0.25, -0.2) is 4.39 Å². The van der Waals surface area contributed by atoms with Crippen LogP contribution in [0.4, 0.5) is 10.1 Å². The molecule has 0 heterocycles. The highest BCUT2D eigenvalue weighted by Crippen LogP contribution is 2.24. The molecule has 1 amide bonds. The Kier molecular flexibility index (Phi) is 3.69. The van der Waals surface area contributed by atoms with E-state index in [1.54, 1.807) is 0 Å². The first-order valence-electron chi connectivity index (χ1n) is 3.45. The number of para-hydroxylation sites is 1. The Bertz CT molecular complexity index is 312. The first-order chi connectivity index (χ1) is 6.15. The van der Waals surface area contributed by atoms with Gasteiger partial charge in [-0.3, -0.25) is 4.79 Å². The summed E-state index contributed by atoms with van der Waals surface area (Å²) in [6, 6.07) is 4.21. The summed E-state index contributed by atoms with van der Waals surface area (Å²) >= 11 is 8.60. The van der Waals surface area contributed by atoms with Crippen LogP contribution in [0.15, 0.2) is 18.2 Å². The lowest BCUT2D eigenvalue weighted by Crippen LogP contribution is -2.13. The molecule has 0 aromatic heterocycles. The third-order valence-electron chi connectivity index (χ3n) is 1.35. The molecule has 0 fully saturated rings. The molecule has 0 spiro atoms. The number of alkyl halides is 1. The Morgan fingerprint density at radius 3 is 2.85 bits per heavy atom. The van der Waals surface area contributed by atoms with Crippen LogP contribution in [0.5, 0.6) is 0 Å². The molecule has 5 heteroatoms. The van der Waals surface area contributed by atoms with E-state index in [1.165, 1.54) is 18.2 Å². The molecule has 0 bridgehead atoms. The van der Waals surface area contributed by atoms with Crippen molar-refractivity contribution in [1.82, 2.24) is 0 Å². The summed E-state index contributed by atoms with van der Waals surface area (Å²) in [7, 11) is 0. The molecule has 2 nitrogen and oxygen atoms in total. The van der Waals surface area contributed by atoms with Gasteiger partial charge >= 0.3 is 0 Å². The summed E-state index contributed by atoms with van der Waals surface area (Å²) < 4.78 is 13.0. The summed E-state index contributed by atoms with van der Waals surface area (Å²) in [6.45, 7) is 0. The van der Waals surface area contributed by atoms with Crippen molar-refractivity contribution in [2.24, 2.45) is 0 Å². The summed E-state index contributed by atoms with van der Waals surface area (Å²) in [4.78, 5) is 10.9. The van der Waals surface area contributed by atoms with Crippen LogP contribution >= 0.6 is 27.5 Å². The van der Waals surface area contributed by atoms with Gasteiger partial charge < -0.3 is 5.32 Å². The molecular weight excluding hydrogens is 260 g/mol. The third-order valence-corrected chi connectivity index (χ3v) is 2.17. The van der Waals surface area contributed by atoms with E-state index in [2.05, 4.69) is 21.2 Å². The average molecular weight is 266 g/mol. The molecular formula is C8H6BrClFNO. The fraction of sp³-hybridized carbons (Fsp3) is 0.125. The van der Waals surface area contributed by atoms with Crippen molar-refractivity contribution in [3.63, 3.8) is 0 Å². The minimum atomic E-state index is -0.540. The normalized spacial score (nSPS) is 9.77. The maximum Gasteiger partial charge on any atom is 0.235 e. The second-order valence-electron chi connectivity index (χ2n) is 2.28. The van der Waals surface area contributed by atoms with Gasteiger partial charge in [0.25, 0.3) is 0 Å². The summed E-state index contributed by atoms with van der Waals surface area (Å²) in [5.41, 5.74) is 0.0219. The average Bonchev–Trinajstić information content (AvgIpc) is 2.11. The van der Waals surface area contributed by atoms with Crippen molar-refractivity contribution in [2.75, 3.05) is 10.6 Å². The second-order valence-corrected chi connectivity index (χ2v) is 3.25. The third kappa shape index (κ3) is 2.67. The van der Waals surface area contributed by atoms with E-state index in [-0.39, 0.29) is 21.9 Å². The molecule has 1 N–H and O–H groups in total. The van der Waals surface area contributed by atoms with Crippen molar-refractivity contribution in [2.45, 2.75) is 0 Å². The highest BCUT2D eigenvalue weighted by molar-refractivity contribution is 9.09. The zero-order chi connectivity index (χ0) is 9.84. The van der Waals surface area contributed by atoms with Crippen molar-refractivity contribution >= 4 is 39.1 Å². The Balaban J connectivity index is 2.93. The number of amides is 1. The van der Waals surface area contributed by atoms with Crippen molar-refractivity contribution < 1.29 is 9.18 Å². The minimum Gasteiger partial charge on any atom is -0.322 e. The van der Waals surface area contributed by atoms with Crippen LogP contribution in [0.2, 0.25) is 5.02 Å². The number of carbonyl (C=O) groups excluding carboxylic acids is 1. The van der Waals surface area contributed by atoms with Crippen LogP contribution in [-0.4, -0.2) is 11.2 Å². The number of carbonyl (C=O) groups is 1. The Labute approximate surface area is 88.2 Å². The predicted molar refractivity (Wildman–Crippen MR) is 53.8 cm³/mol. The number of nitrogens with one attached hydrogen (secondary N) is 1. The van der Waals surface area contributed by atoms with E-state index < -0.39 is 5.82 Å². The Morgan fingerprint density at radius 2 is 2.31 bits per heavy atom. The zero-order valence-corrected chi connectivity index (χ0v) is 8.82. The lowest BCUT2D eigenvalue weighted by Gasteiger charge is -2.05. The molecule has 70 valence electrons. The molecule has 0 aliphatic rings. The quantitative estimate of drug-likeness (QED) is 0.820. The number of benzene rings is 1. The topological polar surface area (TPSA) is 29.1 Å². The molecule has 0 saturated carbocycles. The zero-order valence-electron chi connectivity index (χ0n) is 6.48. The fourth-order valence-corrected chi connectivity index (χ4v) is 1.14. The molecule has 1 aromatic carbocycles. The van der Waals surface area contributed by atoms with E-state index >= 15 is 0 Å². The standard InChI is InChI=1S/C8H6BrClFNO/c9-4-7(13)12-8-5(10)2-1-3-6(8)11/h1-3H,4H2,(H,12,13). The van der Waals surface area contributed by atoms with E-state index in [1.807, 2.05) is 0 Å².